The van der Waals surface area contributed by atoms with Gasteiger partial charge in [0.2, 0.25) is 0 Å². The van der Waals surface area contributed by atoms with Crippen LogP contribution in [0.2, 0.25) is 0 Å². The second-order valence-electron chi connectivity index (χ2n) is 11.4. The van der Waals surface area contributed by atoms with Crippen LogP contribution in [0.5, 0.6) is 0 Å². The second kappa shape index (κ2) is 12.4. The van der Waals surface area contributed by atoms with E-state index in [2.05, 4.69) is 80.7 Å². The van der Waals surface area contributed by atoms with Gasteiger partial charge in [0.25, 0.3) is 0 Å². The van der Waals surface area contributed by atoms with Gasteiger partial charge in [-0.15, -0.1) is 0 Å². The predicted molar refractivity (Wildman–Crippen MR) is 158 cm³/mol. The Morgan fingerprint density at radius 1 is 0.711 bits per heavy atom. The van der Waals surface area contributed by atoms with Crippen molar-refractivity contribution in [2.75, 3.05) is 6.79 Å². The standard InChI is InChI=1S/C35H46O3/c1-20(2)35(36)38-19-37-31-14-12-30(13-15-31)18-34-28(10)26(8)33(27(9)29(34)11)17-16-32-24(6)22(4)21(3)23(5)25(32)7/h30-31H,1,12-15,18-19H2,2-11H3. The van der Waals surface area contributed by atoms with Gasteiger partial charge in [-0.25, -0.2) is 4.79 Å². The van der Waals surface area contributed by atoms with Crippen LogP contribution in [0.15, 0.2) is 12.2 Å². The Kier molecular flexibility index (Phi) is 9.66. The zero-order chi connectivity index (χ0) is 28.3. The quantitative estimate of drug-likeness (QED) is 0.169. The maximum absolute atomic E-state index is 11.6. The van der Waals surface area contributed by atoms with Gasteiger partial charge < -0.3 is 9.47 Å². The Bertz CT molecular complexity index is 1250. The van der Waals surface area contributed by atoms with Gasteiger partial charge in [-0.3, -0.25) is 0 Å². The van der Waals surface area contributed by atoms with E-state index in [1.165, 1.54) is 66.8 Å². The van der Waals surface area contributed by atoms with Crippen LogP contribution in [0.3, 0.4) is 0 Å². The summed E-state index contributed by atoms with van der Waals surface area (Å²) in [6.07, 6.45) is 5.52. The van der Waals surface area contributed by atoms with Crippen LogP contribution in [0.4, 0.5) is 0 Å². The molecular weight excluding hydrogens is 468 g/mol. The molecule has 3 nitrogen and oxygen atoms in total. The van der Waals surface area contributed by atoms with Crippen LogP contribution in [-0.2, 0) is 20.7 Å². The van der Waals surface area contributed by atoms with Gasteiger partial charge in [0.05, 0.1) is 6.10 Å². The minimum absolute atomic E-state index is 0.0148. The molecule has 0 spiro atoms. The molecule has 2 aromatic carbocycles. The molecule has 38 heavy (non-hydrogen) atoms. The van der Waals surface area contributed by atoms with E-state index in [9.17, 15) is 4.79 Å². The maximum atomic E-state index is 11.6. The minimum atomic E-state index is -0.391. The van der Waals surface area contributed by atoms with Crippen molar-refractivity contribution in [3.05, 3.63) is 78.9 Å². The second-order valence-corrected chi connectivity index (χ2v) is 11.4. The van der Waals surface area contributed by atoms with E-state index < -0.39 is 5.97 Å². The van der Waals surface area contributed by atoms with E-state index in [0.29, 0.717) is 11.5 Å². The van der Waals surface area contributed by atoms with Crippen molar-refractivity contribution in [1.82, 2.24) is 0 Å². The van der Waals surface area contributed by atoms with Gasteiger partial charge >= 0.3 is 5.97 Å². The van der Waals surface area contributed by atoms with Gasteiger partial charge in [0.1, 0.15) is 0 Å². The summed E-state index contributed by atoms with van der Waals surface area (Å²) in [6, 6.07) is 0. The fourth-order valence-corrected chi connectivity index (χ4v) is 5.79. The predicted octanol–water partition coefficient (Wildman–Crippen LogP) is 8.06. The molecule has 1 aliphatic rings. The van der Waals surface area contributed by atoms with E-state index >= 15 is 0 Å². The summed E-state index contributed by atoms with van der Waals surface area (Å²) in [4.78, 5) is 11.6. The number of esters is 1. The average molecular weight is 515 g/mol. The number of ether oxygens (including phenoxy) is 2. The average Bonchev–Trinajstić information content (AvgIpc) is 2.90. The van der Waals surface area contributed by atoms with Crippen molar-refractivity contribution in [2.45, 2.75) is 107 Å². The maximum Gasteiger partial charge on any atom is 0.335 e. The highest BCUT2D eigenvalue weighted by atomic mass is 16.7. The SMILES string of the molecule is C=C(C)C(=O)OCOC1CCC(Cc2c(C)c(C)c(C#Cc3c(C)c(C)c(C)c(C)c3C)c(C)c2C)CC1. The topological polar surface area (TPSA) is 35.5 Å². The Hall–Kier alpha value is -2.83. The Balaban J connectivity index is 1.76. The highest BCUT2D eigenvalue weighted by molar-refractivity contribution is 5.86. The first-order valence-electron chi connectivity index (χ1n) is 14.0. The van der Waals surface area contributed by atoms with E-state index in [0.717, 1.165) is 32.1 Å². The molecule has 0 saturated heterocycles. The zero-order valence-corrected chi connectivity index (χ0v) is 25.3. The normalized spacial score (nSPS) is 17.1. The van der Waals surface area contributed by atoms with Crippen LogP contribution in [-0.4, -0.2) is 18.9 Å². The summed E-state index contributed by atoms with van der Waals surface area (Å²) in [6.45, 7) is 25.3. The fraction of sp³-hybridized carbons (Fsp3) is 0.514. The van der Waals surface area contributed by atoms with Crippen LogP contribution >= 0.6 is 0 Å². The molecule has 0 radical (unpaired) electrons. The monoisotopic (exact) mass is 514 g/mol. The summed E-state index contributed by atoms with van der Waals surface area (Å²) in [5, 5.41) is 0. The molecule has 0 amide bonds. The number of benzene rings is 2. The molecular formula is C35H46O3. The smallest absolute Gasteiger partial charge is 0.335 e. The van der Waals surface area contributed by atoms with Crippen molar-refractivity contribution in [3.8, 4) is 11.8 Å². The number of hydrogen-bond acceptors (Lipinski definition) is 3. The first-order chi connectivity index (χ1) is 17.8. The molecule has 0 unspecified atom stereocenters. The number of hydrogen-bond donors (Lipinski definition) is 0. The van der Waals surface area contributed by atoms with Crippen molar-refractivity contribution in [3.63, 3.8) is 0 Å². The molecule has 0 aromatic heterocycles. The Labute approximate surface area is 231 Å². The molecule has 0 atom stereocenters. The summed E-state index contributed by atoms with van der Waals surface area (Å²) >= 11 is 0. The molecule has 1 fully saturated rings. The molecule has 2 aromatic rings. The molecule has 0 heterocycles. The first-order valence-corrected chi connectivity index (χ1v) is 14.0. The van der Waals surface area contributed by atoms with Crippen molar-refractivity contribution in [2.24, 2.45) is 5.92 Å². The lowest BCUT2D eigenvalue weighted by Gasteiger charge is -2.30. The lowest BCUT2D eigenvalue weighted by molar-refractivity contribution is -0.158. The zero-order valence-electron chi connectivity index (χ0n) is 25.3. The molecule has 0 N–H and O–H groups in total. The first kappa shape index (κ1) is 29.7. The number of rotatable bonds is 6. The molecule has 0 aliphatic heterocycles. The summed E-state index contributed by atoms with van der Waals surface area (Å²) < 4.78 is 10.9. The van der Waals surface area contributed by atoms with Crippen molar-refractivity contribution < 1.29 is 14.3 Å². The molecule has 1 saturated carbocycles. The molecule has 0 bridgehead atoms. The van der Waals surface area contributed by atoms with Crippen LogP contribution < -0.4 is 0 Å². The highest BCUT2D eigenvalue weighted by Crippen LogP contribution is 2.34. The van der Waals surface area contributed by atoms with E-state index in [4.69, 9.17) is 9.47 Å². The minimum Gasteiger partial charge on any atom is -0.435 e. The van der Waals surface area contributed by atoms with Gasteiger partial charge in [0, 0.05) is 16.7 Å². The summed E-state index contributed by atoms with van der Waals surface area (Å²) in [5.74, 6) is 7.43. The van der Waals surface area contributed by atoms with Gasteiger partial charge in [-0.05, 0) is 163 Å². The Morgan fingerprint density at radius 2 is 1.13 bits per heavy atom. The lowest BCUT2D eigenvalue weighted by atomic mass is 9.79. The van der Waals surface area contributed by atoms with E-state index in [1.807, 2.05) is 0 Å². The van der Waals surface area contributed by atoms with Crippen molar-refractivity contribution >= 4 is 5.97 Å². The molecule has 1 aliphatic carbocycles. The third-order valence-corrected chi connectivity index (χ3v) is 9.22. The third-order valence-electron chi connectivity index (χ3n) is 9.22. The van der Waals surface area contributed by atoms with Gasteiger partial charge in [0.15, 0.2) is 6.79 Å². The Morgan fingerprint density at radius 3 is 1.58 bits per heavy atom. The largest absolute Gasteiger partial charge is 0.435 e. The van der Waals surface area contributed by atoms with Crippen LogP contribution in [0.25, 0.3) is 0 Å². The lowest BCUT2D eigenvalue weighted by Crippen LogP contribution is -2.25. The molecule has 204 valence electrons. The van der Waals surface area contributed by atoms with E-state index in [1.54, 1.807) is 6.92 Å². The third kappa shape index (κ3) is 6.24. The summed E-state index contributed by atoms with van der Waals surface area (Å²) in [7, 11) is 0. The number of carbonyl (C=O) groups is 1. The van der Waals surface area contributed by atoms with Gasteiger partial charge in [-0.2, -0.15) is 0 Å². The van der Waals surface area contributed by atoms with Gasteiger partial charge in [-0.1, -0.05) is 18.4 Å². The van der Waals surface area contributed by atoms with E-state index in [-0.39, 0.29) is 12.9 Å². The van der Waals surface area contributed by atoms with Crippen LogP contribution in [0, 0.1) is 80.1 Å². The van der Waals surface area contributed by atoms with Crippen LogP contribution in [0.1, 0.15) is 99.4 Å². The summed E-state index contributed by atoms with van der Waals surface area (Å²) in [5.41, 5.74) is 16.3. The van der Waals surface area contributed by atoms with Crippen molar-refractivity contribution in [1.29, 1.82) is 0 Å². The number of carbonyl (C=O) groups excluding carboxylic acids is 1. The molecule has 3 heteroatoms. The fourth-order valence-electron chi connectivity index (χ4n) is 5.79. The highest BCUT2D eigenvalue weighted by Gasteiger charge is 2.24. The molecule has 3 rings (SSSR count).